The van der Waals surface area contributed by atoms with Crippen LogP contribution in [0.2, 0.25) is 0 Å². The molecule has 0 spiro atoms. The summed E-state index contributed by atoms with van der Waals surface area (Å²) in [4.78, 5) is 0. The molecule has 0 aliphatic heterocycles. The van der Waals surface area contributed by atoms with Gasteiger partial charge in [0.1, 0.15) is 17.2 Å². The van der Waals surface area contributed by atoms with Crippen LogP contribution in [0.25, 0.3) is 0 Å². The number of allylic oxidation sites excluding steroid dienone is 6. The van der Waals surface area contributed by atoms with E-state index in [2.05, 4.69) is 57.7 Å². The van der Waals surface area contributed by atoms with Gasteiger partial charge in [0, 0.05) is 0 Å². The van der Waals surface area contributed by atoms with Gasteiger partial charge in [-0.05, 0) is 90.1 Å². The summed E-state index contributed by atoms with van der Waals surface area (Å²) in [6, 6.07) is 18.4. The lowest BCUT2D eigenvalue weighted by atomic mass is 10.0. The standard InChI is InChI=1S/C36H39O3P/c1-7-13-28-19-22-34(31(25-28)16-10-4)37-40(38-35-23-20-29(14-8-2)26-32(35)17-11-5)39-36-24-21-30(15-9-3)27-33(36)18-12-6/h7-12,19-27H,1-6,13-18H2. The van der Waals surface area contributed by atoms with Gasteiger partial charge in [-0.2, -0.15) is 0 Å². The summed E-state index contributed by atoms with van der Waals surface area (Å²) in [6.07, 6.45) is 15.5. The van der Waals surface area contributed by atoms with Gasteiger partial charge in [-0.1, -0.05) is 72.9 Å². The summed E-state index contributed by atoms with van der Waals surface area (Å²) in [5.41, 5.74) is 6.49. The zero-order chi connectivity index (χ0) is 28.7. The van der Waals surface area contributed by atoms with E-state index in [0.29, 0.717) is 36.5 Å². The van der Waals surface area contributed by atoms with Gasteiger partial charge in [-0.3, -0.25) is 0 Å². The van der Waals surface area contributed by atoms with Gasteiger partial charge in [0.25, 0.3) is 0 Å². The van der Waals surface area contributed by atoms with Crippen LogP contribution in [-0.4, -0.2) is 0 Å². The van der Waals surface area contributed by atoms with Crippen LogP contribution in [0.15, 0.2) is 131 Å². The Morgan fingerprint density at radius 2 is 0.700 bits per heavy atom. The molecule has 0 amide bonds. The van der Waals surface area contributed by atoms with Crippen molar-refractivity contribution in [3.8, 4) is 17.2 Å². The van der Waals surface area contributed by atoms with Crippen LogP contribution < -0.4 is 13.6 Å². The molecule has 3 aromatic carbocycles. The summed E-state index contributed by atoms with van der Waals surface area (Å²) in [7, 11) is -1.89. The summed E-state index contributed by atoms with van der Waals surface area (Å²) in [5.74, 6) is 2.09. The molecule has 0 aliphatic carbocycles. The van der Waals surface area contributed by atoms with E-state index in [4.69, 9.17) is 13.6 Å². The number of hydrogen-bond acceptors (Lipinski definition) is 3. The Labute approximate surface area is 241 Å². The Balaban J connectivity index is 2.04. The van der Waals surface area contributed by atoms with Crippen molar-refractivity contribution >= 4 is 8.60 Å². The van der Waals surface area contributed by atoms with Crippen LogP contribution in [0.3, 0.4) is 0 Å². The first-order valence-corrected chi connectivity index (χ1v) is 14.5. The number of rotatable bonds is 18. The molecule has 3 nitrogen and oxygen atoms in total. The first-order valence-electron chi connectivity index (χ1n) is 13.4. The fourth-order valence-corrected chi connectivity index (χ4v) is 5.42. The molecule has 0 N–H and O–H groups in total. The van der Waals surface area contributed by atoms with E-state index in [1.807, 2.05) is 72.9 Å². The second-order valence-corrected chi connectivity index (χ2v) is 10.3. The first-order chi connectivity index (χ1) is 19.5. The van der Waals surface area contributed by atoms with E-state index >= 15 is 0 Å². The van der Waals surface area contributed by atoms with Gasteiger partial charge in [0.05, 0.1) is 0 Å². The van der Waals surface area contributed by atoms with Crippen LogP contribution in [0.4, 0.5) is 0 Å². The van der Waals surface area contributed by atoms with Gasteiger partial charge in [0.2, 0.25) is 0 Å². The van der Waals surface area contributed by atoms with Crippen molar-refractivity contribution in [1.82, 2.24) is 0 Å². The van der Waals surface area contributed by atoms with Crippen molar-refractivity contribution < 1.29 is 13.6 Å². The third-order valence-electron chi connectivity index (χ3n) is 6.13. The molecule has 0 fully saturated rings. The molecule has 206 valence electrons. The van der Waals surface area contributed by atoms with Crippen LogP contribution in [0.1, 0.15) is 33.4 Å². The maximum Gasteiger partial charge on any atom is 0.530 e. The molecule has 0 heterocycles. The maximum absolute atomic E-state index is 6.52. The lowest BCUT2D eigenvalue weighted by Crippen LogP contribution is -2.07. The minimum absolute atomic E-state index is 0.652. The Bertz CT molecular complexity index is 1190. The minimum atomic E-state index is -1.89. The lowest BCUT2D eigenvalue weighted by molar-refractivity contribution is 0.384. The molecule has 0 atom stereocenters. The first kappa shape index (κ1) is 30.5. The molecule has 0 bridgehead atoms. The molecule has 0 saturated heterocycles. The largest absolute Gasteiger partial charge is 0.530 e. The van der Waals surface area contributed by atoms with Crippen LogP contribution in [0, 0.1) is 0 Å². The van der Waals surface area contributed by atoms with Gasteiger partial charge in [-0.15, -0.1) is 39.5 Å². The van der Waals surface area contributed by atoms with Gasteiger partial charge in [-0.25, -0.2) is 0 Å². The molecular weight excluding hydrogens is 511 g/mol. The van der Waals surface area contributed by atoms with Crippen molar-refractivity contribution in [3.63, 3.8) is 0 Å². The number of hydrogen-bond donors (Lipinski definition) is 0. The van der Waals surface area contributed by atoms with E-state index in [9.17, 15) is 0 Å². The van der Waals surface area contributed by atoms with E-state index < -0.39 is 8.60 Å². The van der Waals surface area contributed by atoms with E-state index in [-0.39, 0.29) is 0 Å². The highest BCUT2D eigenvalue weighted by Crippen LogP contribution is 2.45. The molecular formula is C36H39O3P. The van der Waals surface area contributed by atoms with Crippen LogP contribution in [-0.2, 0) is 38.5 Å². The van der Waals surface area contributed by atoms with Crippen LogP contribution >= 0.6 is 8.60 Å². The normalized spacial score (nSPS) is 10.4. The molecule has 4 heteroatoms. The molecule has 3 aromatic rings. The summed E-state index contributed by atoms with van der Waals surface area (Å²) in [6.45, 7) is 23.4. The SMILES string of the molecule is C=CCc1ccc(OP(Oc2ccc(CC=C)cc2CC=C)Oc2ccc(CC=C)cc2CC=C)c(CC=C)c1. The second kappa shape index (κ2) is 16.1. The van der Waals surface area contributed by atoms with Crippen molar-refractivity contribution in [2.45, 2.75) is 38.5 Å². The van der Waals surface area contributed by atoms with Crippen molar-refractivity contribution in [2.24, 2.45) is 0 Å². The Morgan fingerprint density at radius 3 is 0.950 bits per heavy atom. The molecule has 3 rings (SSSR count). The molecule has 0 aromatic heterocycles. The summed E-state index contributed by atoms with van der Waals surface area (Å²) >= 11 is 0. The molecule has 0 saturated carbocycles. The fourth-order valence-electron chi connectivity index (χ4n) is 4.29. The smallest absolute Gasteiger partial charge is 0.408 e. The predicted molar refractivity (Wildman–Crippen MR) is 172 cm³/mol. The van der Waals surface area contributed by atoms with E-state index in [1.54, 1.807) is 0 Å². The molecule has 0 unspecified atom stereocenters. The third-order valence-corrected chi connectivity index (χ3v) is 7.16. The average molecular weight is 551 g/mol. The second-order valence-electron chi connectivity index (χ2n) is 9.28. The summed E-state index contributed by atoms with van der Waals surface area (Å²) in [5, 5.41) is 0. The average Bonchev–Trinajstić information content (AvgIpc) is 2.94. The third kappa shape index (κ3) is 8.73. The topological polar surface area (TPSA) is 27.7 Å². The van der Waals surface area contributed by atoms with Crippen LogP contribution in [0.5, 0.6) is 17.2 Å². The Kier molecular flexibility index (Phi) is 12.3. The van der Waals surface area contributed by atoms with Crippen molar-refractivity contribution in [2.75, 3.05) is 0 Å². The summed E-state index contributed by atoms with van der Waals surface area (Å²) < 4.78 is 19.6. The Hall–Kier alpha value is -4.07. The molecule has 40 heavy (non-hydrogen) atoms. The zero-order valence-corrected chi connectivity index (χ0v) is 24.2. The Morgan fingerprint density at radius 1 is 0.425 bits per heavy atom. The van der Waals surface area contributed by atoms with Crippen molar-refractivity contribution in [3.05, 3.63) is 164 Å². The molecule has 0 aliphatic rings. The lowest BCUT2D eigenvalue weighted by Gasteiger charge is -2.22. The number of benzene rings is 3. The highest BCUT2D eigenvalue weighted by molar-refractivity contribution is 7.43. The highest BCUT2D eigenvalue weighted by Gasteiger charge is 2.24. The van der Waals surface area contributed by atoms with Gasteiger partial charge >= 0.3 is 8.60 Å². The maximum atomic E-state index is 6.52. The monoisotopic (exact) mass is 550 g/mol. The highest BCUT2D eigenvalue weighted by atomic mass is 31.2. The predicted octanol–water partition coefficient (Wildman–Crippen LogP) is 9.82. The van der Waals surface area contributed by atoms with E-state index in [1.165, 1.54) is 0 Å². The fraction of sp³-hybridized carbons (Fsp3) is 0.167. The molecule has 0 radical (unpaired) electrons. The van der Waals surface area contributed by atoms with Gasteiger partial charge in [0.15, 0.2) is 0 Å². The minimum Gasteiger partial charge on any atom is -0.408 e. The van der Waals surface area contributed by atoms with E-state index in [0.717, 1.165) is 52.6 Å². The quantitative estimate of drug-likeness (QED) is 0.117. The van der Waals surface area contributed by atoms with Gasteiger partial charge < -0.3 is 13.6 Å². The van der Waals surface area contributed by atoms with Crippen molar-refractivity contribution in [1.29, 1.82) is 0 Å². The zero-order valence-electron chi connectivity index (χ0n) is 23.3.